The lowest BCUT2D eigenvalue weighted by Gasteiger charge is -2.30. The predicted octanol–water partition coefficient (Wildman–Crippen LogP) is 2.50. The van der Waals surface area contributed by atoms with Crippen LogP contribution in [0.2, 0.25) is 10.0 Å². The lowest BCUT2D eigenvalue weighted by atomic mass is 9.96. The highest BCUT2D eigenvalue weighted by Crippen LogP contribution is 2.36. The second-order valence-electron chi connectivity index (χ2n) is 9.88. The summed E-state index contributed by atoms with van der Waals surface area (Å²) in [5.41, 5.74) is 7.38. The van der Waals surface area contributed by atoms with Crippen LogP contribution in [-0.4, -0.2) is 77.0 Å². The highest BCUT2D eigenvalue weighted by atomic mass is 35.5. The smallest absolute Gasteiger partial charge is 0.328 e. The molecule has 2 amide bonds. The van der Waals surface area contributed by atoms with Gasteiger partial charge in [-0.1, -0.05) is 41.4 Å². The van der Waals surface area contributed by atoms with Gasteiger partial charge < -0.3 is 30.7 Å². The van der Waals surface area contributed by atoms with Gasteiger partial charge in [0, 0.05) is 32.1 Å². The Kier molecular flexibility index (Phi) is 7.86. The number of halogens is 2. The lowest BCUT2D eigenvalue weighted by molar-refractivity contribution is -0.139. The fourth-order valence-electron chi connectivity index (χ4n) is 5.19. The molecule has 3 aliphatic heterocycles. The van der Waals surface area contributed by atoms with Crippen LogP contribution >= 0.6 is 23.2 Å². The third-order valence-electron chi connectivity index (χ3n) is 7.33. The first-order valence-corrected chi connectivity index (χ1v) is 13.6. The molecule has 3 heterocycles. The van der Waals surface area contributed by atoms with Crippen LogP contribution in [0.25, 0.3) is 0 Å². The van der Waals surface area contributed by atoms with Crippen molar-refractivity contribution in [1.82, 2.24) is 15.1 Å². The van der Waals surface area contributed by atoms with E-state index in [-0.39, 0.29) is 52.6 Å². The Hall–Kier alpha value is -3.50. The Morgan fingerprint density at radius 1 is 1.15 bits per heavy atom. The molecule has 0 spiro atoms. The zero-order valence-corrected chi connectivity index (χ0v) is 22.6. The highest BCUT2D eigenvalue weighted by molar-refractivity contribution is 6.40. The van der Waals surface area contributed by atoms with E-state index in [0.717, 1.165) is 31.5 Å². The van der Waals surface area contributed by atoms with Crippen LogP contribution < -0.4 is 11.1 Å². The van der Waals surface area contributed by atoms with Gasteiger partial charge in [0.1, 0.15) is 12.1 Å². The lowest BCUT2D eigenvalue weighted by Crippen LogP contribution is -2.44. The summed E-state index contributed by atoms with van der Waals surface area (Å²) < 4.78 is 5.85. The van der Waals surface area contributed by atoms with Crippen LogP contribution in [0.1, 0.15) is 34.3 Å². The number of likely N-dealkylation sites (tertiary alicyclic amines) is 1. The van der Waals surface area contributed by atoms with Gasteiger partial charge in [0.15, 0.2) is 11.7 Å². The Bertz CT molecular complexity index is 1320. The van der Waals surface area contributed by atoms with Crippen molar-refractivity contribution in [3.8, 4) is 0 Å². The van der Waals surface area contributed by atoms with Gasteiger partial charge in [-0.2, -0.15) is 0 Å². The van der Waals surface area contributed by atoms with E-state index in [1.54, 1.807) is 11.0 Å². The first-order chi connectivity index (χ1) is 18.7. The minimum absolute atomic E-state index is 0.0101. The number of ether oxygens (including phenoxy) is 1. The van der Waals surface area contributed by atoms with Gasteiger partial charge in [0.25, 0.3) is 11.8 Å². The molecular weight excluding hydrogens is 545 g/mol. The molecule has 0 saturated carbocycles. The van der Waals surface area contributed by atoms with Crippen LogP contribution in [-0.2, 0) is 27.3 Å². The number of carbonyl (C=O) groups is 3. The molecule has 39 heavy (non-hydrogen) atoms. The van der Waals surface area contributed by atoms with Gasteiger partial charge in [-0.05, 0) is 48.6 Å². The van der Waals surface area contributed by atoms with Crippen molar-refractivity contribution in [2.45, 2.75) is 38.0 Å². The summed E-state index contributed by atoms with van der Waals surface area (Å²) >= 11 is 13.1. The molecule has 12 heteroatoms. The first-order valence-electron chi connectivity index (χ1n) is 12.8. The maximum Gasteiger partial charge on any atom is 0.328 e. The molecule has 10 nitrogen and oxygen atoms in total. The minimum Gasteiger partial charge on any atom is -0.480 e. The number of aliphatic carboxylic acids is 1. The van der Waals surface area contributed by atoms with Crippen LogP contribution in [0.4, 0.5) is 0 Å². The van der Waals surface area contributed by atoms with Gasteiger partial charge in [-0.3, -0.25) is 14.6 Å². The molecule has 0 radical (unpaired) electrons. The number of nitrogens with zero attached hydrogens (tertiary/aromatic N) is 3. The summed E-state index contributed by atoms with van der Waals surface area (Å²) in [6.45, 7) is 1.93. The van der Waals surface area contributed by atoms with E-state index >= 15 is 0 Å². The van der Waals surface area contributed by atoms with E-state index in [0.29, 0.717) is 24.3 Å². The number of benzene rings is 1. The number of fused-ring (bicyclic) bond motifs is 2. The molecule has 0 aromatic heterocycles. The molecule has 4 N–H and O–H groups in total. The number of carbonyl (C=O) groups excluding carboxylic acids is 2. The number of hydrogen-bond acceptors (Lipinski definition) is 5. The topological polar surface area (TPSA) is 138 Å². The van der Waals surface area contributed by atoms with E-state index in [2.05, 4.69) is 10.3 Å². The average molecular weight is 574 g/mol. The van der Waals surface area contributed by atoms with E-state index in [9.17, 15) is 19.5 Å². The number of rotatable bonds is 6. The number of nitrogens with one attached hydrogen (secondary N) is 1. The second kappa shape index (κ2) is 11.3. The standard InChI is InChI=1S/C27H29Cl2N5O5/c28-18-11-16-14-34(25(36)21-12-15-5-1-2-6-20(15)39-21)10-7-17(16)23(29)22(18)24(35)32-19(26(37)38)13-31-27(30)33-8-3-4-9-33/h1-2,5-6,11-12,15,19-20H,3-4,7-10,13-14H2,(H2,30,31)(H,32,35)(H,37,38)/t15?,19-,20?/m0/s1. The number of amides is 2. The van der Waals surface area contributed by atoms with Crippen molar-refractivity contribution in [2.24, 2.45) is 16.6 Å². The Labute approximate surface area is 235 Å². The molecule has 4 aliphatic rings. The van der Waals surface area contributed by atoms with Crippen LogP contribution in [0.3, 0.4) is 0 Å². The molecule has 1 aromatic rings. The van der Waals surface area contributed by atoms with Gasteiger partial charge in [0.2, 0.25) is 0 Å². The fraction of sp³-hybridized carbons (Fsp3) is 0.407. The third-order valence-corrected chi connectivity index (χ3v) is 8.05. The SMILES string of the molecule is NC(=NC[C@H](NC(=O)c1c(Cl)cc2c(c1Cl)CCN(C(=O)C1=CC3C=CC=CC3O1)C2)C(=O)O)N1CCCC1. The summed E-state index contributed by atoms with van der Waals surface area (Å²) in [4.78, 5) is 45.8. The van der Waals surface area contributed by atoms with Crippen molar-refractivity contribution in [2.75, 3.05) is 26.2 Å². The zero-order chi connectivity index (χ0) is 27.7. The molecule has 1 fully saturated rings. The molecule has 0 bridgehead atoms. The number of carboxylic acid groups (broad SMARTS) is 1. The number of carboxylic acids is 1. The highest BCUT2D eigenvalue weighted by Gasteiger charge is 2.35. The largest absolute Gasteiger partial charge is 0.480 e. The monoisotopic (exact) mass is 573 g/mol. The second-order valence-corrected chi connectivity index (χ2v) is 10.7. The summed E-state index contributed by atoms with van der Waals surface area (Å²) in [5, 5.41) is 12.3. The van der Waals surface area contributed by atoms with E-state index < -0.39 is 17.9 Å². The van der Waals surface area contributed by atoms with Gasteiger partial charge in [-0.25, -0.2) is 4.79 Å². The van der Waals surface area contributed by atoms with E-state index in [1.807, 2.05) is 35.3 Å². The number of aliphatic imine (C=N–C) groups is 1. The molecule has 1 saturated heterocycles. The molecule has 3 atom stereocenters. The number of allylic oxidation sites excluding steroid dienone is 2. The van der Waals surface area contributed by atoms with Crippen molar-refractivity contribution >= 4 is 46.9 Å². The van der Waals surface area contributed by atoms with E-state index in [1.165, 1.54) is 0 Å². The zero-order valence-electron chi connectivity index (χ0n) is 21.1. The van der Waals surface area contributed by atoms with Crippen molar-refractivity contribution in [3.05, 3.63) is 68.9 Å². The van der Waals surface area contributed by atoms with Crippen molar-refractivity contribution in [1.29, 1.82) is 0 Å². The number of hydrogen-bond donors (Lipinski definition) is 3. The Morgan fingerprint density at radius 3 is 2.62 bits per heavy atom. The van der Waals surface area contributed by atoms with E-state index in [4.69, 9.17) is 33.7 Å². The summed E-state index contributed by atoms with van der Waals surface area (Å²) in [5.74, 6) is -1.60. The minimum atomic E-state index is -1.32. The average Bonchev–Trinajstić information content (AvgIpc) is 3.60. The number of guanidine groups is 1. The van der Waals surface area contributed by atoms with Crippen LogP contribution in [0.5, 0.6) is 0 Å². The maximum absolute atomic E-state index is 13.2. The molecule has 1 aliphatic carbocycles. The van der Waals surface area contributed by atoms with Crippen LogP contribution in [0.15, 0.2) is 47.2 Å². The molecule has 206 valence electrons. The summed E-state index contributed by atoms with van der Waals surface area (Å²) in [6.07, 6.45) is 11.8. The van der Waals surface area contributed by atoms with Crippen molar-refractivity contribution < 1.29 is 24.2 Å². The van der Waals surface area contributed by atoms with Gasteiger partial charge in [-0.15, -0.1) is 0 Å². The maximum atomic E-state index is 13.2. The number of nitrogens with two attached hydrogens (primary N) is 1. The van der Waals surface area contributed by atoms with Gasteiger partial charge >= 0.3 is 5.97 Å². The quantitative estimate of drug-likeness (QED) is 0.351. The fourth-order valence-corrected chi connectivity index (χ4v) is 5.95. The normalized spacial score (nSPS) is 22.6. The van der Waals surface area contributed by atoms with Crippen LogP contribution in [0, 0.1) is 5.92 Å². The Balaban J connectivity index is 1.28. The summed E-state index contributed by atoms with van der Waals surface area (Å²) in [6, 6.07) is 0.286. The molecular formula is C27H29Cl2N5O5. The van der Waals surface area contributed by atoms with Crippen molar-refractivity contribution in [3.63, 3.8) is 0 Å². The Morgan fingerprint density at radius 2 is 1.90 bits per heavy atom. The predicted molar refractivity (Wildman–Crippen MR) is 146 cm³/mol. The molecule has 1 aromatic carbocycles. The summed E-state index contributed by atoms with van der Waals surface area (Å²) in [7, 11) is 0. The molecule has 2 unspecified atom stereocenters. The first kappa shape index (κ1) is 27.1. The molecule has 5 rings (SSSR count). The van der Waals surface area contributed by atoms with Gasteiger partial charge in [0.05, 0.1) is 22.2 Å². The third kappa shape index (κ3) is 5.62.